The molecule has 1 amide bonds. The monoisotopic (exact) mass is 357 g/mol. The van der Waals surface area contributed by atoms with Crippen LogP contribution in [0.4, 0.5) is 10.9 Å². The highest BCUT2D eigenvalue weighted by Gasteiger charge is 2.31. The van der Waals surface area contributed by atoms with Crippen LogP contribution in [0.1, 0.15) is 48.1 Å². The Labute approximate surface area is 152 Å². The minimum Gasteiger partial charge on any atom is -0.378 e. The molecule has 2 aliphatic rings. The third kappa shape index (κ3) is 3.28. The number of ether oxygens (including phenoxy) is 1. The minimum absolute atomic E-state index is 0.0456. The molecule has 25 heavy (non-hydrogen) atoms. The molecule has 0 radical (unpaired) electrons. The first-order valence-electron chi connectivity index (χ1n) is 8.85. The lowest BCUT2D eigenvalue weighted by atomic mass is 9.90. The summed E-state index contributed by atoms with van der Waals surface area (Å²) in [6, 6.07) is 8.68. The third-order valence-corrected chi connectivity index (χ3v) is 6.12. The van der Waals surface area contributed by atoms with Crippen molar-refractivity contribution in [3.63, 3.8) is 0 Å². The van der Waals surface area contributed by atoms with Crippen molar-refractivity contribution in [3.8, 4) is 0 Å². The van der Waals surface area contributed by atoms with Crippen molar-refractivity contribution in [2.24, 2.45) is 0 Å². The molecule has 6 heteroatoms. The smallest absolute Gasteiger partial charge is 0.226 e. The van der Waals surface area contributed by atoms with E-state index in [4.69, 9.17) is 9.72 Å². The minimum atomic E-state index is 0.0456. The fourth-order valence-corrected chi connectivity index (χ4v) is 4.58. The summed E-state index contributed by atoms with van der Waals surface area (Å²) < 4.78 is 5.43. The van der Waals surface area contributed by atoms with Crippen LogP contribution in [-0.2, 0) is 9.53 Å². The standard InChI is InChI=1S/C19H23N3O2S/c1-12(2)13-3-5-14(6-4-13)15-11-16(23)20-18-17(15)25-19(21-18)22-7-9-24-10-8-22/h3-6,12,15H,7-11H2,1-2H3,(H,20,23). The maximum absolute atomic E-state index is 12.2. The molecule has 0 spiro atoms. The van der Waals surface area contributed by atoms with Crippen LogP contribution in [0.15, 0.2) is 24.3 Å². The van der Waals surface area contributed by atoms with Crippen molar-refractivity contribution in [3.05, 3.63) is 40.3 Å². The van der Waals surface area contributed by atoms with Crippen molar-refractivity contribution in [2.45, 2.75) is 32.1 Å². The van der Waals surface area contributed by atoms with E-state index in [1.54, 1.807) is 11.3 Å². The van der Waals surface area contributed by atoms with Gasteiger partial charge in [0.1, 0.15) is 5.82 Å². The number of morpholine rings is 1. The van der Waals surface area contributed by atoms with E-state index in [1.165, 1.54) is 16.0 Å². The van der Waals surface area contributed by atoms with E-state index in [9.17, 15) is 4.79 Å². The van der Waals surface area contributed by atoms with Gasteiger partial charge in [-0.05, 0) is 17.0 Å². The van der Waals surface area contributed by atoms with Crippen LogP contribution in [0.25, 0.3) is 0 Å². The van der Waals surface area contributed by atoms with E-state index < -0.39 is 0 Å². The maximum Gasteiger partial charge on any atom is 0.226 e. The fourth-order valence-electron chi connectivity index (χ4n) is 3.38. The van der Waals surface area contributed by atoms with E-state index >= 15 is 0 Å². The van der Waals surface area contributed by atoms with Crippen LogP contribution in [0.2, 0.25) is 0 Å². The average molecular weight is 357 g/mol. The van der Waals surface area contributed by atoms with Gasteiger partial charge in [0.15, 0.2) is 5.13 Å². The molecule has 1 atom stereocenters. The van der Waals surface area contributed by atoms with Crippen molar-refractivity contribution >= 4 is 28.2 Å². The molecule has 1 aromatic heterocycles. The Bertz CT molecular complexity index is 763. The number of nitrogens with one attached hydrogen (secondary N) is 1. The van der Waals surface area contributed by atoms with E-state index in [1.807, 2.05) is 0 Å². The molecule has 4 rings (SSSR count). The number of carbonyl (C=O) groups excluding carboxylic acids is 1. The largest absolute Gasteiger partial charge is 0.378 e. The highest BCUT2D eigenvalue weighted by molar-refractivity contribution is 7.16. The predicted octanol–water partition coefficient (Wildman–Crippen LogP) is 3.58. The van der Waals surface area contributed by atoms with E-state index in [0.717, 1.165) is 37.3 Å². The molecule has 2 aromatic rings. The van der Waals surface area contributed by atoms with Crippen molar-refractivity contribution < 1.29 is 9.53 Å². The van der Waals surface area contributed by atoms with Crippen molar-refractivity contribution in [1.29, 1.82) is 0 Å². The first kappa shape index (κ1) is 16.5. The van der Waals surface area contributed by atoms with Gasteiger partial charge in [0.25, 0.3) is 0 Å². The van der Waals surface area contributed by atoms with Gasteiger partial charge in [0.2, 0.25) is 5.91 Å². The summed E-state index contributed by atoms with van der Waals surface area (Å²) in [6.07, 6.45) is 0.485. The molecule has 1 fully saturated rings. The normalized spacial score (nSPS) is 20.5. The second-order valence-electron chi connectivity index (χ2n) is 6.93. The van der Waals surface area contributed by atoms with E-state index in [-0.39, 0.29) is 11.8 Å². The van der Waals surface area contributed by atoms with Crippen LogP contribution < -0.4 is 10.2 Å². The number of amides is 1. The lowest BCUT2D eigenvalue weighted by molar-refractivity contribution is -0.116. The van der Waals surface area contributed by atoms with Gasteiger partial charge in [0.05, 0.1) is 18.1 Å². The van der Waals surface area contributed by atoms with Crippen molar-refractivity contribution in [2.75, 3.05) is 36.5 Å². The van der Waals surface area contributed by atoms with Gasteiger partial charge in [-0.3, -0.25) is 4.79 Å². The Kier molecular flexibility index (Phi) is 4.48. The Morgan fingerprint density at radius 3 is 2.64 bits per heavy atom. The van der Waals surface area contributed by atoms with Gasteiger partial charge < -0.3 is 15.0 Å². The number of nitrogens with zero attached hydrogens (tertiary/aromatic N) is 2. The molecule has 132 valence electrons. The number of hydrogen-bond acceptors (Lipinski definition) is 5. The van der Waals surface area contributed by atoms with Crippen LogP contribution in [-0.4, -0.2) is 37.2 Å². The summed E-state index contributed by atoms with van der Waals surface area (Å²) in [5, 5.41) is 3.94. The maximum atomic E-state index is 12.2. The molecule has 1 aromatic carbocycles. The summed E-state index contributed by atoms with van der Waals surface area (Å²) in [5.41, 5.74) is 2.51. The van der Waals surface area contributed by atoms with Gasteiger partial charge in [-0.1, -0.05) is 49.4 Å². The highest BCUT2D eigenvalue weighted by Crippen LogP contribution is 2.43. The molecular weight excluding hydrogens is 334 g/mol. The molecule has 1 saturated heterocycles. The van der Waals surface area contributed by atoms with Crippen LogP contribution >= 0.6 is 11.3 Å². The Balaban J connectivity index is 1.66. The van der Waals surface area contributed by atoms with Gasteiger partial charge >= 0.3 is 0 Å². The predicted molar refractivity (Wildman–Crippen MR) is 101 cm³/mol. The molecule has 0 saturated carbocycles. The second kappa shape index (κ2) is 6.77. The van der Waals surface area contributed by atoms with Crippen LogP contribution in [0, 0.1) is 0 Å². The summed E-state index contributed by atoms with van der Waals surface area (Å²) in [7, 11) is 0. The van der Waals surface area contributed by atoms with E-state index in [0.29, 0.717) is 12.3 Å². The summed E-state index contributed by atoms with van der Waals surface area (Å²) in [5.74, 6) is 1.39. The topological polar surface area (TPSA) is 54.5 Å². The molecular formula is C19H23N3O2S. The number of anilines is 2. The number of thiazole rings is 1. The lowest BCUT2D eigenvalue weighted by Gasteiger charge is -2.26. The average Bonchev–Trinajstić information content (AvgIpc) is 3.05. The van der Waals surface area contributed by atoms with Gasteiger partial charge in [-0.15, -0.1) is 0 Å². The molecule has 1 N–H and O–H groups in total. The molecule has 5 nitrogen and oxygen atoms in total. The number of hydrogen-bond donors (Lipinski definition) is 1. The molecule has 2 aliphatic heterocycles. The fraction of sp³-hybridized carbons (Fsp3) is 0.474. The summed E-state index contributed by atoms with van der Waals surface area (Å²) in [6.45, 7) is 7.56. The zero-order chi connectivity index (χ0) is 17.4. The highest BCUT2D eigenvalue weighted by atomic mass is 32.1. The molecule has 0 aliphatic carbocycles. The van der Waals surface area contributed by atoms with Crippen LogP contribution in [0.5, 0.6) is 0 Å². The summed E-state index contributed by atoms with van der Waals surface area (Å²) >= 11 is 1.70. The number of carbonyl (C=O) groups is 1. The Hall–Kier alpha value is -1.92. The Morgan fingerprint density at radius 1 is 1.24 bits per heavy atom. The van der Waals surface area contributed by atoms with Gasteiger partial charge in [-0.2, -0.15) is 0 Å². The first-order valence-corrected chi connectivity index (χ1v) is 9.66. The second-order valence-corrected chi connectivity index (χ2v) is 7.94. The molecule has 0 bridgehead atoms. The van der Waals surface area contributed by atoms with Gasteiger partial charge in [0, 0.05) is 25.4 Å². The zero-order valence-electron chi connectivity index (χ0n) is 14.6. The Morgan fingerprint density at radius 2 is 1.96 bits per heavy atom. The quantitative estimate of drug-likeness (QED) is 0.912. The number of benzene rings is 1. The van der Waals surface area contributed by atoms with Crippen LogP contribution in [0.3, 0.4) is 0 Å². The summed E-state index contributed by atoms with van der Waals surface area (Å²) in [4.78, 5) is 20.3. The molecule has 3 heterocycles. The van der Waals surface area contributed by atoms with E-state index in [2.05, 4.69) is 48.3 Å². The van der Waals surface area contributed by atoms with Gasteiger partial charge in [-0.25, -0.2) is 4.98 Å². The zero-order valence-corrected chi connectivity index (χ0v) is 15.4. The van der Waals surface area contributed by atoms with Crippen molar-refractivity contribution in [1.82, 2.24) is 4.98 Å². The number of fused-ring (bicyclic) bond motifs is 1. The first-order chi connectivity index (χ1) is 12.1. The lowest BCUT2D eigenvalue weighted by Crippen LogP contribution is -2.36. The SMILES string of the molecule is CC(C)c1ccc(C2CC(=O)Nc3nc(N4CCOCC4)sc32)cc1. The molecule has 1 unspecified atom stereocenters. The number of rotatable bonds is 3. The number of aromatic nitrogens is 1. The third-order valence-electron chi connectivity index (χ3n) is 4.89.